The molecule has 128 valence electrons. The highest BCUT2D eigenvalue weighted by Gasteiger charge is 2.20. The lowest BCUT2D eigenvalue weighted by atomic mass is 10.0. The summed E-state index contributed by atoms with van der Waals surface area (Å²) in [5, 5.41) is 3.39. The van der Waals surface area contributed by atoms with Crippen molar-refractivity contribution in [2.24, 2.45) is 0 Å². The first-order valence-corrected chi connectivity index (χ1v) is 10.6. The van der Waals surface area contributed by atoms with Crippen molar-refractivity contribution >= 4 is 47.8 Å². The van der Waals surface area contributed by atoms with Gasteiger partial charge in [-0.2, -0.15) is 0 Å². The molecule has 2 N–H and O–H groups in total. The maximum absolute atomic E-state index is 12.5. The van der Waals surface area contributed by atoms with Gasteiger partial charge in [0.25, 0.3) is 10.0 Å². The van der Waals surface area contributed by atoms with Crippen molar-refractivity contribution in [2.45, 2.75) is 30.2 Å². The predicted octanol–water partition coefficient (Wildman–Crippen LogP) is 3.62. The Morgan fingerprint density at radius 2 is 1.92 bits per heavy atom. The number of benzene rings is 1. The largest absolute Gasteiger partial charge is 0.309 e. The molecular weight excluding hydrogens is 460 g/mol. The van der Waals surface area contributed by atoms with E-state index in [1.54, 1.807) is 12.3 Å². The zero-order valence-electron chi connectivity index (χ0n) is 12.7. The number of rotatable bonds is 4. The van der Waals surface area contributed by atoms with Gasteiger partial charge in [0.15, 0.2) is 0 Å². The van der Waals surface area contributed by atoms with Crippen LogP contribution in [0, 0.1) is 0 Å². The van der Waals surface area contributed by atoms with Gasteiger partial charge < -0.3 is 5.32 Å². The zero-order valence-corrected chi connectivity index (χ0v) is 16.7. The molecule has 1 aromatic carbocycles. The van der Waals surface area contributed by atoms with Crippen molar-refractivity contribution in [1.29, 1.82) is 0 Å². The molecule has 24 heavy (non-hydrogen) atoms. The highest BCUT2D eigenvalue weighted by atomic mass is 79.9. The molecule has 1 fully saturated rings. The van der Waals surface area contributed by atoms with E-state index in [1.807, 2.05) is 6.07 Å². The summed E-state index contributed by atoms with van der Waals surface area (Å²) in [5.74, 6) is 0.0796. The molecule has 0 bridgehead atoms. The number of anilines is 1. The van der Waals surface area contributed by atoms with Gasteiger partial charge in [0.05, 0.1) is 10.6 Å². The lowest BCUT2D eigenvalue weighted by Gasteiger charge is -2.23. The second kappa shape index (κ2) is 7.47. The van der Waals surface area contributed by atoms with Crippen LogP contribution >= 0.6 is 31.9 Å². The van der Waals surface area contributed by atoms with E-state index < -0.39 is 10.0 Å². The van der Waals surface area contributed by atoms with Crippen molar-refractivity contribution in [3.05, 3.63) is 45.1 Å². The van der Waals surface area contributed by atoms with Crippen molar-refractivity contribution < 1.29 is 8.42 Å². The van der Waals surface area contributed by atoms with E-state index in [9.17, 15) is 8.42 Å². The van der Waals surface area contributed by atoms with E-state index in [0.29, 0.717) is 8.95 Å². The fourth-order valence-electron chi connectivity index (χ4n) is 2.58. The van der Waals surface area contributed by atoms with Crippen LogP contribution in [0.25, 0.3) is 0 Å². The highest BCUT2D eigenvalue weighted by Crippen LogP contribution is 2.25. The van der Waals surface area contributed by atoms with E-state index in [1.165, 1.54) is 12.1 Å². The normalized spacial score (nSPS) is 18.3. The molecule has 3 rings (SSSR count). The average molecular weight is 476 g/mol. The molecule has 0 radical (unpaired) electrons. The smallest absolute Gasteiger partial charge is 0.264 e. The molecule has 0 amide bonds. The molecule has 0 saturated carbocycles. The molecule has 6 nitrogen and oxygen atoms in total. The molecule has 2 heterocycles. The van der Waals surface area contributed by atoms with Crippen LogP contribution in [0.3, 0.4) is 0 Å². The Labute approximate surface area is 157 Å². The predicted molar refractivity (Wildman–Crippen MR) is 99.3 cm³/mol. The summed E-state index contributed by atoms with van der Waals surface area (Å²) in [6.45, 7) is 0.946. The lowest BCUT2D eigenvalue weighted by molar-refractivity contribution is 0.405. The van der Waals surface area contributed by atoms with Gasteiger partial charge in [-0.15, -0.1) is 0 Å². The highest BCUT2D eigenvalue weighted by molar-refractivity contribution is 9.11. The summed E-state index contributed by atoms with van der Waals surface area (Å²) in [4.78, 5) is 8.53. The van der Waals surface area contributed by atoms with E-state index in [4.69, 9.17) is 0 Å². The zero-order chi connectivity index (χ0) is 17.2. The topological polar surface area (TPSA) is 84.0 Å². The summed E-state index contributed by atoms with van der Waals surface area (Å²) in [7, 11) is -3.76. The van der Waals surface area contributed by atoms with Gasteiger partial charge >= 0.3 is 0 Å². The summed E-state index contributed by atoms with van der Waals surface area (Å²) >= 11 is 6.59. The first-order chi connectivity index (χ1) is 11.4. The van der Waals surface area contributed by atoms with E-state index in [-0.39, 0.29) is 16.9 Å². The fourth-order valence-corrected chi connectivity index (χ4v) is 5.20. The molecule has 1 aliphatic heterocycles. The third-order valence-electron chi connectivity index (χ3n) is 3.72. The summed E-state index contributed by atoms with van der Waals surface area (Å²) < 4.78 is 28.9. The average Bonchev–Trinajstić information content (AvgIpc) is 2.55. The molecule has 1 unspecified atom stereocenters. The third-order valence-corrected chi connectivity index (χ3v) is 5.94. The minimum atomic E-state index is -3.76. The number of sulfonamides is 1. The number of nitrogens with zero attached hydrogens (tertiary/aromatic N) is 2. The van der Waals surface area contributed by atoms with Gasteiger partial charge in [-0.3, -0.25) is 0 Å². The molecule has 0 spiro atoms. The SMILES string of the molecule is O=S(=O)(Nc1nccc(C2CCCCN2)n1)c1cc(Br)cc(Br)c1. The Balaban J connectivity index is 1.84. The minimum Gasteiger partial charge on any atom is -0.309 e. The Morgan fingerprint density at radius 3 is 2.58 bits per heavy atom. The maximum Gasteiger partial charge on any atom is 0.264 e. The number of halogens is 2. The van der Waals surface area contributed by atoms with Gasteiger partial charge in [-0.1, -0.05) is 38.3 Å². The molecule has 0 aliphatic carbocycles. The number of hydrogen-bond acceptors (Lipinski definition) is 5. The number of hydrogen-bond donors (Lipinski definition) is 2. The van der Waals surface area contributed by atoms with Gasteiger partial charge in [-0.05, 0) is 43.7 Å². The fraction of sp³-hybridized carbons (Fsp3) is 0.333. The first kappa shape index (κ1) is 17.8. The molecule has 2 aromatic rings. The van der Waals surface area contributed by atoms with Crippen LogP contribution in [-0.4, -0.2) is 24.9 Å². The minimum absolute atomic E-state index is 0.0796. The van der Waals surface area contributed by atoms with Gasteiger partial charge in [0.1, 0.15) is 0 Å². The van der Waals surface area contributed by atoms with Crippen LogP contribution in [0.15, 0.2) is 44.3 Å². The maximum atomic E-state index is 12.5. The monoisotopic (exact) mass is 474 g/mol. The number of piperidine rings is 1. The van der Waals surface area contributed by atoms with Crippen LogP contribution < -0.4 is 10.0 Å². The Morgan fingerprint density at radius 1 is 1.17 bits per heavy atom. The van der Waals surface area contributed by atoms with E-state index in [0.717, 1.165) is 31.5 Å². The van der Waals surface area contributed by atoms with Gasteiger partial charge in [-0.25, -0.2) is 23.1 Å². The number of nitrogens with one attached hydrogen (secondary N) is 2. The van der Waals surface area contributed by atoms with Gasteiger partial charge in [0, 0.05) is 21.2 Å². The Kier molecular flexibility index (Phi) is 5.53. The van der Waals surface area contributed by atoms with Crippen molar-refractivity contribution in [3.63, 3.8) is 0 Å². The van der Waals surface area contributed by atoms with E-state index >= 15 is 0 Å². The van der Waals surface area contributed by atoms with Gasteiger partial charge in [0.2, 0.25) is 5.95 Å². The second-order valence-corrected chi connectivity index (χ2v) is 9.03. The van der Waals surface area contributed by atoms with Crippen molar-refractivity contribution in [3.8, 4) is 0 Å². The van der Waals surface area contributed by atoms with Crippen LogP contribution in [0.2, 0.25) is 0 Å². The molecule has 9 heteroatoms. The molecule has 1 aliphatic rings. The summed E-state index contributed by atoms with van der Waals surface area (Å²) in [6, 6.07) is 6.78. The van der Waals surface area contributed by atoms with Crippen LogP contribution in [0.4, 0.5) is 5.95 Å². The molecular formula is C15H16Br2N4O2S. The van der Waals surface area contributed by atoms with Crippen molar-refractivity contribution in [1.82, 2.24) is 15.3 Å². The van der Waals surface area contributed by atoms with E-state index in [2.05, 4.69) is 51.9 Å². The quantitative estimate of drug-likeness (QED) is 0.705. The summed E-state index contributed by atoms with van der Waals surface area (Å²) in [5.41, 5.74) is 0.804. The first-order valence-electron chi connectivity index (χ1n) is 7.49. The Bertz CT molecular complexity index is 819. The van der Waals surface area contributed by atoms with Crippen LogP contribution in [0.5, 0.6) is 0 Å². The van der Waals surface area contributed by atoms with Crippen LogP contribution in [0.1, 0.15) is 31.0 Å². The third kappa shape index (κ3) is 4.33. The second-order valence-electron chi connectivity index (χ2n) is 5.52. The Hall–Kier alpha value is -1.03. The summed E-state index contributed by atoms with van der Waals surface area (Å²) in [6.07, 6.45) is 4.85. The van der Waals surface area contributed by atoms with Crippen LogP contribution in [-0.2, 0) is 10.0 Å². The molecule has 1 aromatic heterocycles. The molecule has 1 saturated heterocycles. The number of aromatic nitrogens is 2. The van der Waals surface area contributed by atoms with Crippen molar-refractivity contribution in [2.75, 3.05) is 11.3 Å². The standard InChI is InChI=1S/C15H16Br2N4O2S/c16-10-7-11(17)9-12(8-10)24(22,23)21-15-19-6-4-14(20-15)13-3-1-2-5-18-13/h4,6-9,13,18H,1-3,5H2,(H,19,20,21). The lowest BCUT2D eigenvalue weighted by Crippen LogP contribution is -2.28. The molecule has 1 atom stereocenters.